The molecule has 1 saturated carbocycles. The Morgan fingerprint density at radius 1 is 1.35 bits per heavy atom. The standard InChI is InChI=1S/C23H26BrN3O4/c1-23(2,3)31-22(29)27-17-6-4-13(9-17)20(27)21(28)26-16(12-25)11-18-10-14-8-15(24)5-7-19(14)30-18/h5,7-8,10,13,16-17,20H,4,6,9,11H2,1-3H3,(H,26,28). The Labute approximate surface area is 189 Å². The quantitative estimate of drug-likeness (QED) is 0.682. The molecule has 8 heteroatoms. The monoisotopic (exact) mass is 487 g/mol. The van der Waals surface area contributed by atoms with Crippen molar-refractivity contribution in [3.05, 3.63) is 34.5 Å². The number of fused-ring (bicyclic) bond motifs is 3. The average Bonchev–Trinajstić information content (AvgIpc) is 3.39. The Morgan fingerprint density at radius 3 is 2.84 bits per heavy atom. The van der Waals surface area contributed by atoms with Gasteiger partial charge in [0.25, 0.3) is 0 Å². The van der Waals surface area contributed by atoms with Gasteiger partial charge in [0, 0.05) is 22.3 Å². The fourth-order valence-electron chi connectivity index (χ4n) is 4.66. The molecule has 0 spiro atoms. The van der Waals surface area contributed by atoms with E-state index in [-0.39, 0.29) is 24.3 Å². The van der Waals surface area contributed by atoms with Crippen LogP contribution in [0.3, 0.4) is 0 Å². The Kier molecular flexibility index (Phi) is 5.73. The third-order valence-corrected chi connectivity index (χ3v) is 6.36. The predicted molar refractivity (Wildman–Crippen MR) is 118 cm³/mol. The van der Waals surface area contributed by atoms with Crippen molar-refractivity contribution in [3.63, 3.8) is 0 Å². The minimum atomic E-state index is -0.754. The summed E-state index contributed by atoms with van der Waals surface area (Å²) in [6.45, 7) is 5.43. The second-order valence-electron chi connectivity index (χ2n) is 9.35. The van der Waals surface area contributed by atoms with Crippen molar-refractivity contribution in [1.29, 1.82) is 5.26 Å². The summed E-state index contributed by atoms with van der Waals surface area (Å²) in [4.78, 5) is 27.5. The highest BCUT2D eigenvalue weighted by atomic mass is 79.9. The average molecular weight is 488 g/mol. The second-order valence-corrected chi connectivity index (χ2v) is 10.3. The van der Waals surface area contributed by atoms with Gasteiger partial charge in [0.1, 0.15) is 29.0 Å². The number of nitrogens with one attached hydrogen (secondary N) is 1. The maximum absolute atomic E-state index is 13.1. The molecule has 2 bridgehead atoms. The molecule has 2 heterocycles. The van der Waals surface area contributed by atoms with E-state index in [2.05, 4.69) is 27.3 Å². The highest BCUT2D eigenvalue weighted by Crippen LogP contribution is 2.43. The van der Waals surface area contributed by atoms with E-state index in [1.165, 1.54) is 0 Å². The van der Waals surface area contributed by atoms with Crippen molar-refractivity contribution in [2.75, 3.05) is 0 Å². The number of furan rings is 1. The summed E-state index contributed by atoms with van der Waals surface area (Å²) in [5.74, 6) is 0.417. The number of piperidine rings is 1. The molecule has 4 unspecified atom stereocenters. The topological polar surface area (TPSA) is 95.6 Å². The summed E-state index contributed by atoms with van der Waals surface area (Å²) in [7, 11) is 0. The van der Waals surface area contributed by atoms with Crippen molar-refractivity contribution < 1.29 is 18.7 Å². The molecule has 4 atom stereocenters. The van der Waals surface area contributed by atoms with E-state index >= 15 is 0 Å². The molecule has 0 radical (unpaired) electrons. The van der Waals surface area contributed by atoms with Crippen LogP contribution in [0.1, 0.15) is 45.8 Å². The Bertz CT molecular complexity index is 1050. The van der Waals surface area contributed by atoms with Crippen LogP contribution < -0.4 is 5.32 Å². The first-order chi connectivity index (χ1) is 14.6. The van der Waals surface area contributed by atoms with Crippen LogP contribution in [-0.2, 0) is 16.0 Å². The van der Waals surface area contributed by atoms with Gasteiger partial charge in [-0.25, -0.2) is 4.79 Å². The third kappa shape index (κ3) is 4.57. The fourth-order valence-corrected chi connectivity index (χ4v) is 5.04. The number of rotatable bonds is 4. The number of hydrogen-bond acceptors (Lipinski definition) is 5. The summed E-state index contributed by atoms with van der Waals surface area (Å²) in [5.41, 5.74) is 0.0937. The molecule has 2 aliphatic rings. The van der Waals surface area contributed by atoms with Crippen LogP contribution in [-0.4, -0.2) is 40.6 Å². The van der Waals surface area contributed by atoms with Crippen LogP contribution in [0.4, 0.5) is 4.79 Å². The number of halogens is 1. The van der Waals surface area contributed by atoms with E-state index in [1.54, 1.807) is 4.90 Å². The maximum Gasteiger partial charge on any atom is 0.411 e. The lowest BCUT2D eigenvalue weighted by Crippen LogP contribution is -2.55. The van der Waals surface area contributed by atoms with Crippen LogP contribution in [0, 0.1) is 17.2 Å². The Balaban J connectivity index is 1.47. The van der Waals surface area contributed by atoms with E-state index in [0.29, 0.717) is 5.76 Å². The van der Waals surface area contributed by atoms with Crippen LogP contribution in [0.25, 0.3) is 11.0 Å². The molecule has 2 fully saturated rings. The van der Waals surface area contributed by atoms with E-state index in [9.17, 15) is 14.9 Å². The summed E-state index contributed by atoms with van der Waals surface area (Å²) in [6.07, 6.45) is 2.37. The first-order valence-electron chi connectivity index (χ1n) is 10.5. The molecule has 31 heavy (non-hydrogen) atoms. The molecule has 1 N–H and O–H groups in total. The molecule has 1 aliphatic carbocycles. The summed E-state index contributed by atoms with van der Waals surface area (Å²) < 4.78 is 12.3. The van der Waals surface area contributed by atoms with Gasteiger partial charge in [0.15, 0.2) is 0 Å². The van der Waals surface area contributed by atoms with Gasteiger partial charge in [-0.3, -0.25) is 9.69 Å². The number of ether oxygens (including phenoxy) is 1. The molecule has 1 aromatic carbocycles. The Hall–Kier alpha value is -2.53. The smallest absolute Gasteiger partial charge is 0.411 e. The van der Waals surface area contributed by atoms with Gasteiger partial charge in [-0.15, -0.1) is 0 Å². The molecule has 2 aromatic rings. The zero-order valence-corrected chi connectivity index (χ0v) is 19.4. The molecule has 164 valence electrons. The number of amides is 2. The first kappa shape index (κ1) is 21.7. The largest absolute Gasteiger partial charge is 0.461 e. The summed E-state index contributed by atoms with van der Waals surface area (Å²) >= 11 is 3.43. The second kappa shape index (κ2) is 8.19. The number of hydrogen-bond donors (Lipinski definition) is 1. The molecule has 4 rings (SSSR count). The molecule has 1 saturated heterocycles. The zero-order valence-electron chi connectivity index (χ0n) is 17.9. The fraction of sp³-hybridized carbons (Fsp3) is 0.522. The van der Waals surface area contributed by atoms with Crippen molar-refractivity contribution >= 4 is 38.9 Å². The molecular formula is C23H26BrN3O4. The maximum atomic E-state index is 13.1. The van der Waals surface area contributed by atoms with Crippen molar-refractivity contribution in [2.45, 2.75) is 70.2 Å². The zero-order chi connectivity index (χ0) is 22.3. The minimum absolute atomic E-state index is 0.0185. The summed E-state index contributed by atoms with van der Waals surface area (Å²) in [5, 5.41) is 13.4. The number of nitrogens with zero attached hydrogens (tertiary/aromatic N) is 2. The third-order valence-electron chi connectivity index (χ3n) is 5.87. The number of benzene rings is 1. The molecule has 1 aromatic heterocycles. The number of carbonyl (C=O) groups is 2. The van der Waals surface area contributed by atoms with Crippen molar-refractivity contribution in [3.8, 4) is 6.07 Å². The minimum Gasteiger partial charge on any atom is -0.461 e. The predicted octanol–water partition coefficient (Wildman–Crippen LogP) is 4.53. The van der Waals surface area contributed by atoms with Crippen LogP contribution >= 0.6 is 15.9 Å². The van der Waals surface area contributed by atoms with Crippen LogP contribution in [0.15, 0.2) is 33.2 Å². The lowest BCUT2D eigenvalue weighted by atomic mass is 9.97. The SMILES string of the molecule is CC(C)(C)OC(=O)N1C2CCC(C2)C1C(=O)NC(C#N)Cc1cc2cc(Br)ccc2o1. The van der Waals surface area contributed by atoms with Gasteiger partial charge in [-0.1, -0.05) is 15.9 Å². The molecular weight excluding hydrogens is 462 g/mol. The molecule has 2 amide bonds. The molecule has 7 nitrogen and oxygen atoms in total. The van der Waals surface area contributed by atoms with Crippen LogP contribution in [0.2, 0.25) is 0 Å². The van der Waals surface area contributed by atoms with Crippen LogP contribution in [0.5, 0.6) is 0 Å². The lowest BCUT2D eigenvalue weighted by molar-refractivity contribution is -0.128. The van der Waals surface area contributed by atoms with E-state index in [0.717, 1.165) is 34.7 Å². The highest BCUT2D eigenvalue weighted by molar-refractivity contribution is 9.10. The van der Waals surface area contributed by atoms with Gasteiger partial charge < -0.3 is 14.5 Å². The number of carbonyl (C=O) groups excluding carboxylic acids is 2. The van der Waals surface area contributed by atoms with Gasteiger partial charge >= 0.3 is 6.09 Å². The Morgan fingerprint density at radius 2 is 2.13 bits per heavy atom. The summed E-state index contributed by atoms with van der Waals surface area (Å²) in [6, 6.07) is 8.38. The van der Waals surface area contributed by atoms with Crippen molar-refractivity contribution in [1.82, 2.24) is 10.2 Å². The van der Waals surface area contributed by atoms with Gasteiger partial charge in [-0.2, -0.15) is 5.26 Å². The van der Waals surface area contributed by atoms with E-state index in [1.807, 2.05) is 45.0 Å². The van der Waals surface area contributed by atoms with Gasteiger partial charge in [0.05, 0.1) is 6.07 Å². The highest BCUT2D eigenvalue weighted by Gasteiger charge is 2.52. The van der Waals surface area contributed by atoms with E-state index in [4.69, 9.17) is 9.15 Å². The van der Waals surface area contributed by atoms with Gasteiger partial charge in [0.2, 0.25) is 5.91 Å². The normalized spacial score (nSPS) is 23.6. The van der Waals surface area contributed by atoms with Gasteiger partial charge in [-0.05, 0) is 70.2 Å². The first-order valence-corrected chi connectivity index (χ1v) is 11.3. The lowest BCUT2D eigenvalue weighted by Gasteiger charge is -2.35. The number of nitriles is 1. The molecule has 1 aliphatic heterocycles. The van der Waals surface area contributed by atoms with Crippen molar-refractivity contribution in [2.24, 2.45) is 5.92 Å². The number of likely N-dealkylation sites (tertiary alicyclic amines) is 1. The van der Waals surface area contributed by atoms with E-state index < -0.39 is 23.8 Å².